The first kappa shape index (κ1) is 14.7. The second-order valence-corrected chi connectivity index (χ2v) is 7.64. The van der Waals surface area contributed by atoms with Crippen molar-refractivity contribution in [1.82, 2.24) is 4.49 Å². The monoisotopic (exact) mass is 333 g/mol. The van der Waals surface area contributed by atoms with E-state index < -0.39 is 9.84 Å². The van der Waals surface area contributed by atoms with Gasteiger partial charge >= 0.3 is 5.69 Å². The molecule has 5 nitrogen and oxygen atoms in total. The summed E-state index contributed by atoms with van der Waals surface area (Å²) in [5.41, 5.74) is 2.12. The Morgan fingerprint density at radius 1 is 0.955 bits per heavy atom. The molecule has 0 aliphatic rings. The molecule has 3 rings (SSSR count). The summed E-state index contributed by atoms with van der Waals surface area (Å²) >= 11 is 1.21. The number of nitrogens with one attached hydrogen (secondary N) is 1. The van der Waals surface area contributed by atoms with Crippen LogP contribution in [0.4, 0.5) is 0 Å². The molecule has 0 amide bonds. The van der Waals surface area contributed by atoms with Crippen molar-refractivity contribution >= 4 is 21.4 Å². The van der Waals surface area contributed by atoms with Gasteiger partial charge in [-0.15, -0.1) is 0 Å². The van der Waals surface area contributed by atoms with Gasteiger partial charge in [-0.25, -0.2) is 8.42 Å². The molecule has 1 heterocycles. The van der Waals surface area contributed by atoms with Gasteiger partial charge in [-0.1, -0.05) is 34.8 Å². The average molecular weight is 333 g/mol. The van der Waals surface area contributed by atoms with Crippen LogP contribution in [0, 0.1) is 4.91 Å². The van der Waals surface area contributed by atoms with Crippen LogP contribution >= 0.6 is 11.5 Å². The molecule has 0 aliphatic carbocycles. The summed E-state index contributed by atoms with van der Waals surface area (Å²) in [6, 6.07) is 15.9. The first-order valence-electron chi connectivity index (χ1n) is 6.47. The maximum Gasteiger partial charge on any atom is 0.319 e. The minimum atomic E-state index is -3.23. The van der Waals surface area contributed by atoms with Gasteiger partial charge in [0.25, 0.3) is 0 Å². The van der Waals surface area contributed by atoms with Gasteiger partial charge in [0.1, 0.15) is 4.88 Å². The third-order valence-electron chi connectivity index (χ3n) is 3.24. The molecule has 0 aliphatic heterocycles. The Balaban J connectivity index is 2.13. The lowest BCUT2D eigenvalue weighted by molar-refractivity contribution is -0.542. The summed E-state index contributed by atoms with van der Waals surface area (Å²) in [4.78, 5) is 13.0. The lowest BCUT2D eigenvalue weighted by Gasteiger charge is -2.00. The zero-order valence-electron chi connectivity index (χ0n) is 11.7. The van der Waals surface area contributed by atoms with Crippen molar-refractivity contribution in [2.45, 2.75) is 4.90 Å². The van der Waals surface area contributed by atoms with E-state index in [0.29, 0.717) is 5.69 Å². The molecule has 0 unspecified atom stereocenters. The minimum absolute atomic E-state index is 0.257. The van der Waals surface area contributed by atoms with Crippen molar-refractivity contribution in [3.63, 3.8) is 0 Å². The Morgan fingerprint density at radius 2 is 1.59 bits per heavy atom. The van der Waals surface area contributed by atoms with Gasteiger partial charge in [0.2, 0.25) is 0 Å². The van der Waals surface area contributed by atoms with Crippen LogP contribution < -0.4 is 4.54 Å². The fourth-order valence-electron chi connectivity index (χ4n) is 2.17. The van der Waals surface area contributed by atoms with Crippen LogP contribution in [0.25, 0.3) is 21.7 Å². The van der Waals surface area contributed by atoms with Gasteiger partial charge in [-0.3, -0.25) is 0 Å². The maximum absolute atomic E-state index is 12.0. The number of benzene rings is 2. The van der Waals surface area contributed by atoms with Crippen molar-refractivity contribution in [3.05, 3.63) is 59.5 Å². The number of sulfone groups is 1. The molecular weight excluding hydrogens is 320 g/mol. The zero-order chi connectivity index (χ0) is 15.7. The summed E-state index contributed by atoms with van der Waals surface area (Å²) in [6.45, 7) is 0. The lowest BCUT2D eigenvalue weighted by Crippen LogP contribution is -2.16. The second-order valence-electron chi connectivity index (χ2n) is 4.83. The molecule has 0 radical (unpaired) electrons. The number of rotatable bonds is 3. The summed E-state index contributed by atoms with van der Waals surface area (Å²) in [5.74, 6) is 0. The van der Waals surface area contributed by atoms with Crippen LogP contribution in [0.15, 0.2) is 59.5 Å². The van der Waals surface area contributed by atoms with E-state index in [0.717, 1.165) is 20.5 Å². The summed E-state index contributed by atoms with van der Waals surface area (Å²) in [7, 11) is -3.23. The lowest BCUT2D eigenvalue weighted by atomic mass is 10.1. The highest BCUT2D eigenvalue weighted by Gasteiger charge is 2.23. The topological polar surface area (TPSA) is 72.9 Å². The Hall–Kier alpha value is -2.25. The van der Waals surface area contributed by atoms with E-state index in [1.54, 1.807) is 24.3 Å². The number of aromatic amines is 1. The molecule has 1 N–H and O–H groups in total. The van der Waals surface area contributed by atoms with E-state index in [2.05, 4.69) is 4.49 Å². The number of aromatic nitrogens is 2. The van der Waals surface area contributed by atoms with E-state index in [4.69, 9.17) is 0 Å². The SMILES string of the molecule is CS(=O)(=O)c1ccc(-c2s[nH][n+](=O)c2-c2ccccc2)cc1. The molecule has 0 spiro atoms. The van der Waals surface area contributed by atoms with Gasteiger partial charge in [0.15, 0.2) is 14.4 Å². The Labute approximate surface area is 131 Å². The smallest absolute Gasteiger partial charge is 0.224 e. The highest BCUT2D eigenvalue weighted by Crippen LogP contribution is 2.32. The van der Waals surface area contributed by atoms with Gasteiger partial charge in [-0.05, 0) is 24.3 Å². The Bertz CT molecular complexity index is 956. The molecule has 3 aromatic rings. The molecule has 2 aromatic carbocycles. The minimum Gasteiger partial charge on any atom is -0.224 e. The molecule has 22 heavy (non-hydrogen) atoms. The first-order chi connectivity index (χ1) is 10.5. The average Bonchev–Trinajstić information content (AvgIpc) is 2.89. The summed E-state index contributed by atoms with van der Waals surface area (Å²) in [6.07, 6.45) is 1.17. The highest BCUT2D eigenvalue weighted by molar-refractivity contribution is 7.90. The van der Waals surface area contributed by atoms with Gasteiger partial charge < -0.3 is 0 Å². The summed E-state index contributed by atoms with van der Waals surface area (Å²) in [5, 5.41) is 0. The predicted molar refractivity (Wildman–Crippen MR) is 86.0 cm³/mol. The molecule has 112 valence electrons. The van der Waals surface area contributed by atoms with E-state index in [1.807, 2.05) is 30.3 Å². The number of hydrogen-bond acceptors (Lipinski definition) is 4. The van der Waals surface area contributed by atoms with Crippen molar-refractivity contribution in [3.8, 4) is 21.7 Å². The molecule has 1 aromatic heterocycles. The largest absolute Gasteiger partial charge is 0.319 e. The van der Waals surface area contributed by atoms with Crippen molar-refractivity contribution in [1.29, 1.82) is 0 Å². The van der Waals surface area contributed by atoms with Crippen LogP contribution in [0.5, 0.6) is 0 Å². The van der Waals surface area contributed by atoms with Crippen LogP contribution in [-0.4, -0.2) is 19.2 Å². The Morgan fingerprint density at radius 3 is 2.18 bits per heavy atom. The van der Waals surface area contributed by atoms with Gasteiger partial charge in [0, 0.05) is 23.4 Å². The Kier molecular flexibility index (Phi) is 3.67. The third-order valence-corrected chi connectivity index (χ3v) is 5.26. The van der Waals surface area contributed by atoms with Crippen LogP contribution in [0.2, 0.25) is 0 Å². The van der Waals surface area contributed by atoms with E-state index in [1.165, 1.54) is 17.8 Å². The van der Waals surface area contributed by atoms with Crippen LogP contribution in [0.1, 0.15) is 0 Å². The number of H-pyrrole nitrogens is 1. The molecule has 0 atom stereocenters. The van der Waals surface area contributed by atoms with E-state index >= 15 is 0 Å². The summed E-state index contributed by atoms with van der Waals surface area (Å²) < 4.78 is 26.4. The molecule has 0 saturated heterocycles. The molecule has 0 bridgehead atoms. The van der Waals surface area contributed by atoms with Gasteiger partial charge in [0.05, 0.1) is 15.4 Å². The first-order valence-corrected chi connectivity index (χ1v) is 9.17. The fraction of sp³-hybridized carbons (Fsp3) is 0.0667. The fourth-order valence-corrected chi connectivity index (χ4v) is 3.61. The quantitative estimate of drug-likeness (QED) is 0.749. The van der Waals surface area contributed by atoms with E-state index in [9.17, 15) is 13.3 Å². The molecule has 0 saturated carbocycles. The number of nitrogens with zero attached hydrogens (tertiary/aromatic N) is 1. The van der Waals surface area contributed by atoms with Gasteiger partial charge in [-0.2, -0.15) is 0 Å². The normalized spacial score (nSPS) is 11.5. The predicted octanol–water partition coefficient (Wildman–Crippen LogP) is 2.73. The van der Waals surface area contributed by atoms with Crippen LogP contribution in [-0.2, 0) is 9.84 Å². The van der Waals surface area contributed by atoms with Crippen LogP contribution in [0.3, 0.4) is 0 Å². The van der Waals surface area contributed by atoms with Crippen molar-refractivity contribution in [2.75, 3.05) is 6.26 Å². The van der Waals surface area contributed by atoms with Crippen molar-refractivity contribution in [2.24, 2.45) is 0 Å². The molecular formula is C15H13N2O3S2+. The van der Waals surface area contributed by atoms with Crippen molar-refractivity contribution < 1.29 is 13.0 Å². The second kappa shape index (κ2) is 5.51. The number of hydrogen-bond donors (Lipinski definition) is 1. The molecule has 0 fully saturated rings. The third kappa shape index (κ3) is 2.72. The zero-order valence-corrected chi connectivity index (χ0v) is 13.3. The highest BCUT2D eigenvalue weighted by atomic mass is 32.2. The maximum atomic E-state index is 12.0. The molecule has 7 heteroatoms. The van der Waals surface area contributed by atoms with E-state index in [-0.39, 0.29) is 4.90 Å². The standard InChI is InChI=1S/C15H13N2O3S2/c1-22(19,20)13-9-7-12(8-10-13)15-14(17(18)16-21-15)11-5-3-2-4-6-11/h2-10H,1H3,(H,16,18)/q+1.